The Bertz CT molecular complexity index is 1300. The summed E-state index contributed by atoms with van der Waals surface area (Å²) in [7, 11) is -1.26. The fourth-order valence-corrected chi connectivity index (χ4v) is 4.57. The van der Waals surface area contributed by atoms with Crippen LogP contribution in [0.5, 0.6) is 17.2 Å². The number of amides is 1. The number of hydrogen-bond donors (Lipinski definition) is 2. The summed E-state index contributed by atoms with van der Waals surface area (Å²) in [5, 5.41) is 14.2. The van der Waals surface area contributed by atoms with Gasteiger partial charge in [0.15, 0.2) is 11.5 Å². The van der Waals surface area contributed by atoms with E-state index in [2.05, 4.69) is 10.5 Å². The van der Waals surface area contributed by atoms with Crippen LogP contribution in [0.25, 0.3) is 0 Å². The molecule has 11 heteroatoms. The Labute approximate surface area is 202 Å². The summed E-state index contributed by atoms with van der Waals surface area (Å²) in [5.74, 6) is -0.129. The molecule has 0 spiro atoms. The fourth-order valence-electron chi connectivity index (χ4n) is 2.97. The number of nitrogens with zero attached hydrogens (tertiary/aromatic N) is 2. The summed E-state index contributed by atoms with van der Waals surface area (Å²) >= 11 is 6.06. The van der Waals surface area contributed by atoms with E-state index < -0.39 is 22.5 Å². The molecule has 3 aromatic carbocycles. The lowest BCUT2D eigenvalue weighted by molar-refractivity contribution is -0.119. The molecular formula is C23H22ClN3O6S. The monoisotopic (exact) mass is 503 g/mol. The molecule has 0 saturated carbocycles. The zero-order valence-corrected chi connectivity index (χ0v) is 19.9. The van der Waals surface area contributed by atoms with Crippen LogP contribution in [-0.2, 0) is 14.8 Å². The highest BCUT2D eigenvalue weighted by Gasteiger charge is 2.27. The van der Waals surface area contributed by atoms with E-state index in [1.54, 1.807) is 30.3 Å². The van der Waals surface area contributed by atoms with Crippen molar-refractivity contribution < 1.29 is 27.8 Å². The third-order valence-electron chi connectivity index (χ3n) is 4.67. The quantitative estimate of drug-likeness (QED) is 0.341. The molecule has 2 N–H and O–H groups in total. The second-order valence-corrected chi connectivity index (χ2v) is 9.16. The minimum Gasteiger partial charge on any atom is -0.504 e. The number of nitrogens with one attached hydrogen (secondary N) is 1. The van der Waals surface area contributed by atoms with Crippen molar-refractivity contribution in [1.29, 1.82) is 0 Å². The van der Waals surface area contributed by atoms with E-state index in [1.165, 1.54) is 56.8 Å². The first-order valence-corrected chi connectivity index (χ1v) is 11.7. The zero-order valence-electron chi connectivity index (χ0n) is 18.3. The Morgan fingerprint density at radius 2 is 1.79 bits per heavy atom. The number of para-hydroxylation sites is 1. The lowest BCUT2D eigenvalue weighted by Gasteiger charge is -2.24. The third kappa shape index (κ3) is 5.77. The summed E-state index contributed by atoms with van der Waals surface area (Å²) in [6.45, 7) is -0.573. The number of hydrogen-bond acceptors (Lipinski definition) is 7. The van der Waals surface area contributed by atoms with Crippen molar-refractivity contribution in [1.82, 2.24) is 5.43 Å². The molecule has 0 aromatic heterocycles. The second-order valence-electron chi connectivity index (χ2n) is 6.86. The predicted molar refractivity (Wildman–Crippen MR) is 129 cm³/mol. The predicted octanol–water partition coefficient (Wildman–Crippen LogP) is 3.41. The summed E-state index contributed by atoms with van der Waals surface area (Å²) in [6, 6.07) is 16.7. The first-order valence-electron chi connectivity index (χ1n) is 9.86. The topological polar surface area (TPSA) is 118 Å². The van der Waals surface area contributed by atoms with Gasteiger partial charge < -0.3 is 14.6 Å². The van der Waals surface area contributed by atoms with Crippen LogP contribution in [0.15, 0.2) is 76.7 Å². The molecule has 0 aliphatic carbocycles. The van der Waals surface area contributed by atoms with Gasteiger partial charge in [0, 0.05) is 10.6 Å². The number of rotatable bonds is 9. The highest BCUT2D eigenvalue weighted by Crippen LogP contribution is 2.28. The summed E-state index contributed by atoms with van der Waals surface area (Å²) < 4.78 is 37.8. The maximum atomic E-state index is 13.4. The Balaban J connectivity index is 1.85. The van der Waals surface area contributed by atoms with E-state index in [-0.39, 0.29) is 22.1 Å². The van der Waals surface area contributed by atoms with Crippen molar-refractivity contribution >= 4 is 39.4 Å². The lowest BCUT2D eigenvalue weighted by Crippen LogP contribution is -2.39. The molecular weight excluding hydrogens is 482 g/mol. The first kappa shape index (κ1) is 24.9. The number of phenolic OH excluding ortho intramolecular Hbond substituents is 1. The fraction of sp³-hybridized carbons (Fsp3) is 0.130. The average Bonchev–Trinajstić information content (AvgIpc) is 2.83. The van der Waals surface area contributed by atoms with Gasteiger partial charge in [-0.25, -0.2) is 13.8 Å². The van der Waals surface area contributed by atoms with Gasteiger partial charge >= 0.3 is 0 Å². The number of sulfonamides is 1. The van der Waals surface area contributed by atoms with Gasteiger partial charge in [-0.15, -0.1) is 0 Å². The molecule has 3 rings (SSSR count). The molecule has 0 aliphatic rings. The number of methoxy groups -OCH3 is 2. The van der Waals surface area contributed by atoms with Crippen molar-refractivity contribution in [3.63, 3.8) is 0 Å². The van der Waals surface area contributed by atoms with Crippen LogP contribution >= 0.6 is 11.6 Å². The van der Waals surface area contributed by atoms with E-state index in [4.69, 9.17) is 21.1 Å². The molecule has 0 fully saturated rings. The number of hydrazone groups is 1. The zero-order chi connectivity index (χ0) is 24.7. The second kappa shape index (κ2) is 10.9. The number of anilines is 1. The number of carbonyl (C=O) groups is 1. The number of carbonyl (C=O) groups excluding carboxylic acids is 1. The van der Waals surface area contributed by atoms with Gasteiger partial charge in [-0.05, 0) is 54.6 Å². The van der Waals surface area contributed by atoms with Crippen molar-refractivity contribution in [2.75, 3.05) is 25.1 Å². The Morgan fingerprint density at radius 3 is 2.44 bits per heavy atom. The molecule has 0 aliphatic heterocycles. The maximum Gasteiger partial charge on any atom is 0.264 e. The third-order valence-corrected chi connectivity index (χ3v) is 6.70. The Kier molecular flexibility index (Phi) is 7.98. The number of halogens is 1. The van der Waals surface area contributed by atoms with Crippen molar-refractivity contribution in [2.24, 2.45) is 5.10 Å². The van der Waals surface area contributed by atoms with Gasteiger partial charge in [0.25, 0.3) is 15.9 Å². The minimum atomic E-state index is -4.13. The smallest absolute Gasteiger partial charge is 0.264 e. The molecule has 9 nitrogen and oxygen atoms in total. The number of aromatic hydroxyl groups is 1. The first-order chi connectivity index (χ1) is 16.3. The molecule has 1 amide bonds. The van der Waals surface area contributed by atoms with Crippen LogP contribution < -0.4 is 19.2 Å². The highest BCUT2D eigenvalue weighted by molar-refractivity contribution is 7.92. The van der Waals surface area contributed by atoms with Crippen LogP contribution in [0.1, 0.15) is 5.56 Å². The van der Waals surface area contributed by atoms with Gasteiger partial charge in [-0.3, -0.25) is 9.10 Å². The molecule has 178 valence electrons. The van der Waals surface area contributed by atoms with Crippen LogP contribution in [0.2, 0.25) is 5.02 Å². The van der Waals surface area contributed by atoms with Crippen LogP contribution in [0, 0.1) is 0 Å². The van der Waals surface area contributed by atoms with E-state index in [0.717, 1.165) is 4.31 Å². The largest absolute Gasteiger partial charge is 0.504 e. The average molecular weight is 504 g/mol. The van der Waals surface area contributed by atoms with Crippen LogP contribution in [-0.4, -0.2) is 46.4 Å². The highest BCUT2D eigenvalue weighted by atomic mass is 35.5. The van der Waals surface area contributed by atoms with Gasteiger partial charge in [-0.1, -0.05) is 23.7 Å². The maximum absolute atomic E-state index is 13.4. The lowest BCUT2D eigenvalue weighted by atomic mass is 10.2. The molecule has 0 atom stereocenters. The molecule has 0 radical (unpaired) electrons. The van der Waals surface area contributed by atoms with Crippen LogP contribution in [0.3, 0.4) is 0 Å². The van der Waals surface area contributed by atoms with Gasteiger partial charge in [0.1, 0.15) is 12.3 Å². The van der Waals surface area contributed by atoms with Crippen LogP contribution in [0.4, 0.5) is 5.69 Å². The molecule has 0 unspecified atom stereocenters. The number of benzene rings is 3. The number of ether oxygens (including phenoxy) is 2. The number of phenols is 1. The van der Waals surface area contributed by atoms with E-state index in [1.807, 2.05) is 0 Å². The standard InChI is InChI=1S/C23H22ClN3O6S/c1-32-19-9-11-20(12-10-19)34(30,31)27(18-7-4-6-17(24)13-18)15-22(28)26-25-14-16-5-3-8-21(33-2)23(16)29/h3-14,29H,15H2,1-2H3,(H,26,28)/b25-14-. The van der Waals surface area contributed by atoms with Crippen molar-refractivity contribution in [3.8, 4) is 17.2 Å². The van der Waals surface area contributed by atoms with E-state index in [0.29, 0.717) is 16.3 Å². The molecule has 3 aromatic rings. The molecule has 0 saturated heterocycles. The Hall–Kier alpha value is -3.76. The summed E-state index contributed by atoms with van der Waals surface area (Å²) in [4.78, 5) is 12.6. The minimum absolute atomic E-state index is 0.0362. The summed E-state index contributed by atoms with van der Waals surface area (Å²) in [5.41, 5.74) is 2.78. The molecule has 34 heavy (non-hydrogen) atoms. The van der Waals surface area contributed by atoms with Gasteiger partial charge in [0.05, 0.1) is 31.0 Å². The van der Waals surface area contributed by atoms with Crippen molar-refractivity contribution in [2.45, 2.75) is 4.90 Å². The van der Waals surface area contributed by atoms with Crippen molar-refractivity contribution in [3.05, 3.63) is 77.3 Å². The van der Waals surface area contributed by atoms with Gasteiger partial charge in [-0.2, -0.15) is 5.10 Å². The van der Waals surface area contributed by atoms with E-state index in [9.17, 15) is 18.3 Å². The molecule has 0 bridgehead atoms. The normalized spacial score (nSPS) is 11.3. The Morgan fingerprint density at radius 1 is 1.09 bits per heavy atom. The molecule has 0 heterocycles. The SMILES string of the molecule is COc1ccc(S(=O)(=O)N(CC(=O)N/N=C\c2cccc(OC)c2O)c2cccc(Cl)c2)cc1. The summed E-state index contributed by atoms with van der Waals surface area (Å²) in [6.07, 6.45) is 1.22. The van der Waals surface area contributed by atoms with Gasteiger partial charge in [0.2, 0.25) is 0 Å². The van der Waals surface area contributed by atoms with E-state index >= 15 is 0 Å².